The second-order valence-corrected chi connectivity index (χ2v) is 3.91. The molecule has 0 amide bonds. The van der Waals surface area contributed by atoms with E-state index in [4.69, 9.17) is 21.8 Å². The van der Waals surface area contributed by atoms with Gasteiger partial charge in [-0.25, -0.2) is 9.78 Å². The summed E-state index contributed by atoms with van der Waals surface area (Å²) in [6, 6.07) is 0. The number of nitrogens with zero attached hydrogens (tertiary/aromatic N) is 1. The van der Waals surface area contributed by atoms with E-state index in [0.717, 1.165) is 17.5 Å². The van der Waals surface area contributed by atoms with Crippen LogP contribution in [-0.4, -0.2) is 38.3 Å². The Morgan fingerprint density at radius 2 is 2.29 bits per heavy atom. The van der Waals surface area contributed by atoms with Crippen LogP contribution in [0, 0.1) is 0 Å². The standard InChI is InChI=1S/C7H8ClNO4S/c8-1-3(10)5(11)6-9-2-4(14-6)7(12)13/h2-3,5,10-11H,1H2,(H,12,13). The van der Waals surface area contributed by atoms with Crippen molar-refractivity contribution in [3.63, 3.8) is 0 Å². The molecular formula is C7H8ClNO4S. The number of rotatable bonds is 4. The zero-order chi connectivity index (χ0) is 10.7. The predicted molar refractivity (Wildman–Crippen MR) is 50.8 cm³/mol. The van der Waals surface area contributed by atoms with Crippen LogP contribution in [0.3, 0.4) is 0 Å². The van der Waals surface area contributed by atoms with Gasteiger partial charge in [-0.05, 0) is 0 Å². The highest BCUT2D eigenvalue weighted by atomic mass is 35.5. The molecule has 78 valence electrons. The van der Waals surface area contributed by atoms with E-state index < -0.39 is 18.2 Å². The summed E-state index contributed by atoms with van der Waals surface area (Å²) in [5.41, 5.74) is 0. The Balaban J connectivity index is 2.81. The highest BCUT2D eigenvalue weighted by Gasteiger charge is 2.21. The molecule has 0 aliphatic carbocycles. The Bertz CT molecular complexity index is 329. The van der Waals surface area contributed by atoms with Crippen molar-refractivity contribution in [3.05, 3.63) is 16.1 Å². The van der Waals surface area contributed by atoms with Crippen LogP contribution >= 0.6 is 22.9 Å². The molecule has 5 nitrogen and oxygen atoms in total. The van der Waals surface area contributed by atoms with E-state index in [0.29, 0.717) is 0 Å². The number of aromatic carboxylic acids is 1. The number of carbonyl (C=O) groups is 1. The molecule has 0 radical (unpaired) electrons. The number of carboxylic acid groups (broad SMARTS) is 1. The molecule has 3 N–H and O–H groups in total. The van der Waals surface area contributed by atoms with Crippen molar-refractivity contribution < 1.29 is 20.1 Å². The molecule has 0 saturated heterocycles. The summed E-state index contributed by atoms with van der Waals surface area (Å²) in [6.07, 6.45) is -1.23. The lowest BCUT2D eigenvalue weighted by Gasteiger charge is -2.11. The van der Waals surface area contributed by atoms with Gasteiger partial charge in [0, 0.05) is 0 Å². The van der Waals surface area contributed by atoms with Crippen molar-refractivity contribution >= 4 is 28.9 Å². The largest absolute Gasteiger partial charge is 0.477 e. The summed E-state index contributed by atoms with van der Waals surface area (Å²) in [6.45, 7) is 0. The quantitative estimate of drug-likeness (QED) is 0.663. The molecule has 0 spiro atoms. The third-order valence-corrected chi connectivity index (χ3v) is 2.88. The number of carboxylic acids is 1. The van der Waals surface area contributed by atoms with Gasteiger partial charge in [0.05, 0.1) is 18.2 Å². The molecule has 0 aromatic carbocycles. The lowest BCUT2D eigenvalue weighted by Crippen LogP contribution is -2.19. The average Bonchev–Trinajstić information content (AvgIpc) is 2.64. The number of thiazole rings is 1. The molecule has 0 aliphatic heterocycles. The van der Waals surface area contributed by atoms with E-state index in [1.165, 1.54) is 0 Å². The number of aromatic nitrogens is 1. The first-order valence-corrected chi connectivity index (χ1v) is 5.02. The first-order valence-electron chi connectivity index (χ1n) is 3.67. The molecular weight excluding hydrogens is 230 g/mol. The Kier molecular flexibility index (Phi) is 3.82. The van der Waals surface area contributed by atoms with Crippen LogP contribution in [0.2, 0.25) is 0 Å². The molecule has 2 atom stereocenters. The third kappa shape index (κ3) is 2.42. The topological polar surface area (TPSA) is 90.7 Å². The molecule has 7 heteroatoms. The summed E-state index contributed by atoms with van der Waals surface area (Å²) >= 11 is 6.13. The molecule has 2 unspecified atom stereocenters. The summed E-state index contributed by atoms with van der Waals surface area (Å²) in [7, 11) is 0. The van der Waals surface area contributed by atoms with Gasteiger partial charge in [-0.2, -0.15) is 0 Å². The fraction of sp³-hybridized carbons (Fsp3) is 0.429. The van der Waals surface area contributed by atoms with Crippen molar-refractivity contribution in [2.75, 3.05) is 5.88 Å². The molecule has 1 aromatic heterocycles. The van der Waals surface area contributed by atoms with Crippen LogP contribution in [0.1, 0.15) is 20.8 Å². The Hall–Kier alpha value is -0.690. The van der Waals surface area contributed by atoms with Gasteiger partial charge in [0.15, 0.2) is 0 Å². The van der Waals surface area contributed by atoms with Gasteiger partial charge in [0.2, 0.25) is 0 Å². The summed E-state index contributed by atoms with van der Waals surface area (Å²) in [5, 5.41) is 27.3. The molecule has 0 saturated carbocycles. The van der Waals surface area contributed by atoms with E-state index in [9.17, 15) is 9.90 Å². The second kappa shape index (κ2) is 4.70. The monoisotopic (exact) mass is 237 g/mol. The first-order chi connectivity index (χ1) is 6.56. The summed E-state index contributed by atoms with van der Waals surface area (Å²) in [4.78, 5) is 14.2. The third-order valence-electron chi connectivity index (χ3n) is 1.51. The van der Waals surface area contributed by atoms with E-state index >= 15 is 0 Å². The number of aliphatic hydroxyl groups is 2. The minimum Gasteiger partial charge on any atom is -0.477 e. The normalized spacial score (nSPS) is 15.1. The Morgan fingerprint density at radius 1 is 1.64 bits per heavy atom. The van der Waals surface area contributed by atoms with Crippen molar-refractivity contribution in [1.82, 2.24) is 4.98 Å². The molecule has 1 heterocycles. The van der Waals surface area contributed by atoms with Gasteiger partial charge in [-0.1, -0.05) is 0 Å². The van der Waals surface area contributed by atoms with Crippen molar-refractivity contribution in [1.29, 1.82) is 0 Å². The van der Waals surface area contributed by atoms with E-state index in [2.05, 4.69) is 4.98 Å². The first kappa shape index (κ1) is 11.4. The van der Waals surface area contributed by atoms with Crippen LogP contribution in [-0.2, 0) is 0 Å². The van der Waals surface area contributed by atoms with E-state index in [1.54, 1.807) is 0 Å². The van der Waals surface area contributed by atoms with Gasteiger partial charge in [0.1, 0.15) is 16.0 Å². The van der Waals surface area contributed by atoms with Crippen LogP contribution < -0.4 is 0 Å². The minimum absolute atomic E-state index is 0.0147. The molecule has 0 fully saturated rings. The van der Waals surface area contributed by atoms with Crippen molar-refractivity contribution in [3.8, 4) is 0 Å². The number of hydrogen-bond acceptors (Lipinski definition) is 5. The van der Waals surface area contributed by atoms with Crippen LogP contribution in [0.4, 0.5) is 0 Å². The Labute approximate surface area is 88.6 Å². The fourth-order valence-corrected chi connectivity index (χ4v) is 1.74. The lowest BCUT2D eigenvalue weighted by molar-refractivity contribution is 0.0326. The minimum atomic E-state index is -1.23. The van der Waals surface area contributed by atoms with Crippen molar-refractivity contribution in [2.24, 2.45) is 0 Å². The SMILES string of the molecule is O=C(O)c1cnc(C(O)C(O)CCl)s1. The van der Waals surface area contributed by atoms with Crippen LogP contribution in [0.5, 0.6) is 0 Å². The molecule has 1 aromatic rings. The molecule has 0 aliphatic rings. The molecule has 14 heavy (non-hydrogen) atoms. The fourth-order valence-electron chi connectivity index (χ4n) is 0.772. The lowest BCUT2D eigenvalue weighted by atomic mass is 10.2. The smallest absolute Gasteiger partial charge is 0.347 e. The van der Waals surface area contributed by atoms with E-state index in [-0.39, 0.29) is 15.8 Å². The summed E-state index contributed by atoms with van der Waals surface area (Å²) in [5.74, 6) is -1.25. The average molecular weight is 238 g/mol. The second-order valence-electron chi connectivity index (χ2n) is 2.53. The molecule has 1 rings (SSSR count). The number of halogens is 1. The predicted octanol–water partition coefficient (Wildman–Crippen LogP) is 0.474. The van der Waals surface area contributed by atoms with Crippen LogP contribution in [0.15, 0.2) is 6.20 Å². The zero-order valence-corrected chi connectivity index (χ0v) is 8.49. The highest BCUT2D eigenvalue weighted by molar-refractivity contribution is 7.13. The molecule has 0 bridgehead atoms. The highest BCUT2D eigenvalue weighted by Crippen LogP contribution is 2.23. The summed E-state index contributed by atoms with van der Waals surface area (Å²) < 4.78 is 0. The van der Waals surface area contributed by atoms with Gasteiger partial charge >= 0.3 is 5.97 Å². The maximum atomic E-state index is 10.5. The van der Waals surface area contributed by atoms with Gasteiger partial charge in [-0.15, -0.1) is 22.9 Å². The number of aliphatic hydroxyl groups excluding tert-OH is 2. The van der Waals surface area contributed by atoms with Crippen LogP contribution in [0.25, 0.3) is 0 Å². The Morgan fingerprint density at radius 3 is 2.71 bits per heavy atom. The maximum Gasteiger partial charge on any atom is 0.347 e. The van der Waals surface area contributed by atoms with E-state index in [1.807, 2.05) is 0 Å². The van der Waals surface area contributed by atoms with Crippen molar-refractivity contribution in [2.45, 2.75) is 12.2 Å². The number of hydrogen-bond donors (Lipinski definition) is 3. The van der Waals surface area contributed by atoms with Gasteiger partial charge < -0.3 is 15.3 Å². The number of alkyl halides is 1. The zero-order valence-electron chi connectivity index (χ0n) is 6.92. The maximum absolute atomic E-state index is 10.5. The van der Waals surface area contributed by atoms with Gasteiger partial charge in [0.25, 0.3) is 0 Å². The van der Waals surface area contributed by atoms with Gasteiger partial charge in [-0.3, -0.25) is 0 Å².